The molecule has 0 heterocycles. The summed E-state index contributed by atoms with van der Waals surface area (Å²) in [4.78, 5) is 4.97. The van der Waals surface area contributed by atoms with Crippen LogP contribution in [0.25, 0.3) is 0 Å². The Kier molecular flexibility index (Phi) is 6.72. The first-order chi connectivity index (χ1) is 10.2. The van der Waals surface area contributed by atoms with E-state index in [-0.39, 0.29) is 0 Å². The third-order valence-corrected chi connectivity index (χ3v) is 4.66. The van der Waals surface area contributed by atoms with Crippen LogP contribution in [0.5, 0.6) is 0 Å². The lowest BCUT2D eigenvalue weighted by atomic mass is 10.1. The molecule has 1 fully saturated rings. The Hall–Kier alpha value is -0.860. The van der Waals surface area contributed by atoms with Crippen LogP contribution in [0.3, 0.4) is 0 Å². The second kappa shape index (κ2) is 8.55. The first-order valence-corrected chi connectivity index (χ1v) is 8.62. The van der Waals surface area contributed by atoms with Gasteiger partial charge in [0.25, 0.3) is 0 Å². The summed E-state index contributed by atoms with van der Waals surface area (Å²) in [5, 5.41) is 0. The van der Waals surface area contributed by atoms with Crippen molar-refractivity contribution in [3.63, 3.8) is 0 Å². The van der Waals surface area contributed by atoms with Gasteiger partial charge in [-0.3, -0.25) is 4.90 Å². The second-order valence-corrected chi connectivity index (χ2v) is 6.86. The molecule has 21 heavy (non-hydrogen) atoms. The maximum Gasteiger partial charge on any atom is 0.0234 e. The molecule has 1 saturated carbocycles. The topological polar surface area (TPSA) is 6.48 Å². The van der Waals surface area contributed by atoms with Gasteiger partial charge >= 0.3 is 0 Å². The molecule has 2 rings (SSSR count). The molecule has 0 N–H and O–H groups in total. The van der Waals surface area contributed by atoms with Gasteiger partial charge in [0.2, 0.25) is 0 Å². The van der Waals surface area contributed by atoms with Crippen molar-refractivity contribution in [2.24, 2.45) is 5.92 Å². The Morgan fingerprint density at radius 2 is 1.76 bits per heavy atom. The van der Waals surface area contributed by atoms with E-state index < -0.39 is 0 Å². The normalized spacial score (nSPS) is 16.2. The number of aryl methyl sites for hydroxylation is 1. The van der Waals surface area contributed by atoms with Gasteiger partial charge in [0.15, 0.2) is 0 Å². The number of hydrogen-bond donors (Lipinski definition) is 0. The van der Waals surface area contributed by atoms with E-state index in [1.807, 2.05) is 0 Å². The van der Waals surface area contributed by atoms with E-state index >= 15 is 0 Å². The fourth-order valence-electron chi connectivity index (χ4n) is 3.34. The summed E-state index contributed by atoms with van der Waals surface area (Å²) in [6, 6.07) is 9.13. The van der Waals surface area contributed by atoms with E-state index in [0.29, 0.717) is 0 Å². The smallest absolute Gasteiger partial charge is 0.0234 e. The SMILES string of the molecule is CCc1cccc(CN(CCN(C)C)CC2CCCC2)c1. The molecule has 1 aliphatic rings. The molecular formula is C19H32N2. The van der Waals surface area contributed by atoms with Gasteiger partial charge in [-0.05, 0) is 50.4 Å². The maximum atomic E-state index is 2.67. The van der Waals surface area contributed by atoms with Crippen LogP contribution >= 0.6 is 0 Å². The van der Waals surface area contributed by atoms with E-state index in [2.05, 4.69) is 55.1 Å². The largest absolute Gasteiger partial charge is 0.308 e. The lowest BCUT2D eigenvalue weighted by Crippen LogP contribution is -2.34. The summed E-state index contributed by atoms with van der Waals surface area (Å²) in [5.74, 6) is 0.932. The predicted molar refractivity (Wildman–Crippen MR) is 91.6 cm³/mol. The Morgan fingerprint density at radius 3 is 2.43 bits per heavy atom. The highest BCUT2D eigenvalue weighted by Crippen LogP contribution is 2.26. The standard InChI is InChI=1S/C19H32N2/c1-4-17-10-7-11-19(14-17)16-21(13-12-20(2)3)15-18-8-5-6-9-18/h7,10-11,14,18H,4-6,8-9,12-13,15-16H2,1-3H3. The monoisotopic (exact) mass is 288 g/mol. The lowest BCUT2D eigenvalue weighted by molar-refractivity contribution is 0.202. The number of rotatable bonds is 8. The zero-order valence-corrected chi connectivity index (χ0v) is 14.1. The van der Waals surface area contributed by atoms with Crippen molar-refractivity contribution in [1.82, 2.24) is 9.80 Å². The molecule has 1 aromatic rings. The van der Waals surface area contributed by atoms with Crippen LogP contribution in [-0.2, 0) is 13.0 Å². The second-order valence-electron chi connectivity index (χ2n) is 6.86. The minimum atomic E-state index is 0.932. The van der Waals surface area contributed by atoms with Gasteiger partial charge in [0.05, 0.1) is 0 Å². The first kappa shape index (κ1) is 16.5. The van der Waals surface area contributed by atoms with Gasteiger partial charge in [-0.25, -0.2) is 0 Å². The van der Waals surface area contributed by atoms with Gasteiger partial charge in [-0.2, -0.15) is 0 Å². The van der Waals surface area contributed by atoms with Gasteiger partial charge in [0.1, 0.15) is 0 Å². The average molecular weight is 288 g/mol. The summed E-state index contributed by atoms with van der Waals surface area (Å²) < 4.78 is 0. The van der Waals surface area contributed by atoms with Crippen LogP contribution < -0.4 is 0 Å². The van der Waals surface area contributed by atoms with E-state index in [9.17, 15) is 0 Å². The summed E-state index contributed by atoms with van der Waals surface area (Å²) in [6.07, 6.45) is 6.89. The molecule has 0 unspecified atom stereocenters. The lowest BCUT2D eigenvalue weighted by Gasteiger charge is -2.27. The third kappa shape index (κ3) is 5.80. The fraction of sp³-hybridized carbons (Fsp3) is 0.684. The van der Waals surface area contributed by atoms with Crippen LogP contribution in [-0.4, -0.2) is 43.5 Å². The van der Waals surface area contributed by atoms with Crippen LogP contribution in [0.1, 0.15) is 43.7 Å². The number of hydrogen-bond acceptors (Lipinski definition) is 2. The molecule has 2 heteroatoms. The molecule has 0 amide bonds. The molecule has 1 aliphatic carbocycles. The molecule has 2 nitrogen and oxygen atoms in total. The Balaban J connectivity index is 1.95. The molecule has 0 bridgehead atoms. The molecule has 0 radical (unpaired) electrons. The molecule has 1 aromatic carbocycles. The third-order valence-electron chi connectivity index (χ3n) is 4.66. The quantitative estimate of drug-likeness (QED) is 0.718. The molecule has 118 valence electrons. The Labute approximate surface area is 131 Å². The molecule has 0 aromatic heterocycles. The van der Waals surface area contributed by atoms with Crippen molar-refractivity contribution in [1.29, 1.82) is 0 Å². The minimum absolute atomic E-state index is 0.932. The maximum absolute atomic E-state index is 2.67. The average Bonchev–Trinajstić information content (AvgIpc) is 2.98. The highest BCUT2D eigenvalue weighted by atomic mass is 15.2. The number of benzene rings is 1. The highest BCUT2D eigenvalue weighted by molar-refractivity contribution is 5.23. The summed E-state index contributed by atoms with van der Waals surface area (Å²) in [5.41, 5.74) is 2.94. The van der Waals surface area contributed by atoms with Crippen LogP contribution in [0.15, 0.2) is 24.3 Å². The zero-order chi connectivity index (χ0) is 15.1. The van der Waals surface area contributed by atoms with Crippen LogP contribution in [0.2, 0.25) is 0 Å². The predicted octanol–water partition coefficient (Wildman–Crippen LogP) is 3.80. The molecule has 0 aliphatic heterocycles. The van der Waals surface area contributed by atoms with Crippen molar-refractivity contribution in [2.75, 3.05) is 33.7 Å². The zero-order valence-electron chi connectivity index (χ0n) is 14.1. The molecule has 0 saturated heterocycles. The van der Waals surface area contributed by atoms with Crippen LogP contribution in [0.4, 0.5) is 0 Å². The van der Waals surface area contributed by atoms with Crippen LogP contribution in [0, 0.1) is 5.92 Å². The van der Waals surface area contributed by atoms with E-state index in [1.165, 1.54) is 49.9 Å². The Morgan fingerprint density at radius 1 is 1.05 bits per heavy atom. The van der Waals surface area contributed by atoms with Gasteiger partial charge in [-0.15, -0.1) is 0 Å². The fourth-order valence-corrected chi connectivity index (χ4v) is 3.34. The minimum Gasteiger partial charge on any atom is -0.308 e. The summed E-state index contributed by atoms with van der Waals surface area (Å²) in [7, 11) is 4.34. The first-order valence-electron chi connectivity index (χ1n) is 8.62. The van der Waals surface area contributed by atoms with Crippen molar-refractivity contribution >= 4 is 0 Å². The van der Waals surface area contributed by atoms with Gasteiger partial charge in [0, 0.05) is 26.2 Å². The number of nitrogens with zero attached hydrogens (tertiary/aromatic N) is 2. The number of likely N-dealkylation sites (N-methyl/N-ethyl adjacent to an activating group) is 1. The molecule has 0 atom stereocenters. The van der Waals surface area contributed by atoms with Crippen molar-refractivity contribution in [3.8, 4) is 0 Å². The molecule has 0 spiro atoms. The highest BCUT2D eigenvalue weighted by Gasteiger charge is 2.18. The van der Waals surface area contributed by atoms with E-state index in [1.54, 1.807) is 0 Å². The summed E-state index contributed by atoms with van der Waals surface area (Å²) in [6.45, 7) is 6.96. The molecular weight excluding hydrogens is 256 g/mol. The summed E-state index contributed by atoms with van der Waals surface area (Å²) >= 11 is 0. The van der Waals surface area contributed by atoms with Gasteiger partial charge < -0.3 is 4.90 Å². The van der Waals surface area contributed by atoms with Crippen molar-refractivity contribution < 1.29 is 0 Å². The van der Waals surface area contributed by atoms with Gasteiger partial charge in [-0.1, -0.05) is 44.0 Å². The van der Waals surface area contributed by atoms with Crippen molar-refractivity contribution in [3.05, 3.63) is 35.4 Å². The van der Waals surface area contributed by atoms with E-state index in [0.717, 1.165) is 25.4 Å². The van der Waals surface area contributed by atoms with Crippen molar-refractivity contribution in [2.45, 2.75) is 45.6 Å². The Bertz CT molecular complexity index is 408. The van der Waals surface area contributed by atoms with E-state index in [4.69, 9.17) is 0 Å².